The standard InChI is InChI=1S/C23H24N2O3.C7H8O3S/c1-27-20-8-3-2-6-17(20)18-7-4-5-16-13-21(28-22(16)18)23(26)24-19-14-25-11-9-15(19)10-12-25;1-6-2-4-7(5-3-6)11(8,9)10/h2-8,13,15,19H,9-12,14H2,1H3,(H,24,26);2-5H,1H3,(H,8,9,10)/t19-;/m0./s1. The van der Waals surface area contributed by atoms with Gasteiger partial charge in [0.1, 0.15) is 11.3 Å². The Kier molecular flexibility index (Phi) is 7.74. The minimum atomic E-state index is -4.02. The molecule has 0 spiro atoms. The van der Waals surface area contributed by atoms with Gasteiger partial charge < -0.3 is 19.4 Å². The van der Waals surface area contributed by atoms with Crippen LogP contribution >= 0.6 is 0 Å². The molecular formula is C30H32N2O6S. The Morgan fingerprint density at radius 1 is 1.00 bits per heavy atom. The van der Waals surface area contributed by atoms with Gasteiger partial charge in [-0.05, 0) is 63.0 Å². The summed E-state index contributed by atoms with van der Waals surface area (Å²) in [6.45, 7) is 5.10. The summed E-state index contributed by atoms with van der Waals surface area (Å²) in [4.78, 5) is 15.2. The molecule has 0 radical (unpaired) electrons. The molecule has 4 aromatic rings. The van der Waals surface area contributed by atoms with E-state index < -0.39 is 10.1 Å². The van der Waals surface area contributed by atoms with Crippen LogP contribution in [0.2, 0.25) is 0 Å². The molecule has 7 rings (SSSR count). The number of methoxy groups -OCH3 is 1. The number of rotatable bonds is 5. The monoisotopic (exact) mass is 548 g/mol. The highest BCUT2D eigenvalue weighted by atomic mass is 32.2. The molecule has 3 fully saturated rings. The Bertz CT molecular complexity index is 1570. The summed E-state index contributed by atoms with van der Waals surface area (Å²) in [6, 6.07) is 21.8. The van der Waals surface area contributed by atoms with E-state index in [1.165, 1.54) is 25.0 Å². The molecule has 4 heterocycles. The quantitative estimate of drug-likeness (QED) is 0.331. The number of benzene rings is 3. The van der Waals surface area contributed by atoms with E-state index in [9.17, 15) is 13.2 Å². The first-order valence-electron chi connectivity index (χ1n) is 13.0. The van der Waals surface area contributed by atoms with Crippen molar-refractivity contribution in [2.24, 2.45) is 5.92 Å². The van der Waals surface area contributed by atoms with E-state index in [2.05, 4.69) is 10.2 Å². The average molecular weight is 549 g/mol. The molecule has 2 bridgehead atoms. The van der Waals surface area contributed by atoms with Crippen molar-refractivity contribution >= 4 is 27.0 Å². The normalized spacial score (nSPS) is 20.2. The van der Waals surface area contributed by atoms with Crippen LogP contribution in [0.15, 0.2) is 82.1 Å². The van der Waals surface area contributed by atoms with E-state index in [0.717, 1.165) is 47.5 Å². The Morgan fingerprint density at radius 2 is 1.69 bits per heavy atom. The van der Waals surface area contributed by atoms with Crippen LogP contribution in [0.5, 0.6) is 5.75 Å². The predicted octanol–water partition coefficient (Wildman–Crippen LogP) is 5.17. The number of carbonyl (C=O) groups excluding carboxylic acids is 1. The second-order valence-corrected chi connectivity index (χ2v) is 11.5. The van der Waals surface area contributed by atoms with Crippen molar-refractivity contribution in [1.82, 2.24) is 10.2 Å². The molecule has 3 saturated heterocycles. The highest BCUT2D eigenvalue weighted by Crippen LogP contribution is 2.36. The zero-order chi connectivity index (χ0) is 27.6. The minimum Gasteiger partial charge on any atom is -0.496 e. The maximum Gasteiger partial charge on any atom is 0.294 e. The topological polar surface area (TPSA) is 109 Å². The van der Waals surface area contributed by atoms with Crippen molar-refractivity contribution in [2.75, 3.05) is 26.7 Å². The summed E-state index contributed by atoms with van der Waals surface area (Å²) < 4.78 is 41.1. The third kappa shape index (κ3) is 6.00. The van der Waals surface area contributed by atoms with Crippen LogP contribution in [-0.4, -0.2) is 56.6 Å². The van der Waals surface area contributed by atoms with Crippen LogP contribution in [0.25, 0.3) is 22.1 Å². The van der Waals surface area contributed by atoms with Crippen molar-refractivity contribution < 1.29 is 26.9 Å². The SMILES string of the molecule is COc1ccccc1-c1cccc2cc(C(=O)N[C@H]3CN4CCC3CC4)oc12.Cc1ccc(S(=O)(=O)O)cc1. The Labute approximate surface area is 228 Å². The van der Waals surface area contributed by atoms with Crippen molar-refractivity contribution in [3.8, 4) is 16.9 Å². The van der Waals surface area contributed by atoms with Gasteiger partial charge in [-0.1, -0.05) is 54.1 Å². The number of piperidine rings is 3. The van der Waals surface area contributed by atoms with Gasteiger partial charge in [-0.2, -0.15) is 8.42 Å². The molecule has 8 nitrogen and oxygen atoms in total. The number of carbonyl (C=O) groups is 1. The molecule has 3 aliphatic rings. The van der Waals surface area contributed by atoms with E-state index in [0.29, 0.717) is 17.3 Å². The number of hydrogen-bond acceptors (Lipinski definition) is 6. The first-order chi connectivity index (χ1) is 18.7. The molecule has 1 atom stereocenters. The molecule has 1 amide bonds. The van der Waals surface area contributed by atoms with E-state index in [1.807, 2.05) is 55.5 Å². The number of nitrogens with zero attached hydrogens (tertiary/aromatic N) is 1. The van der Waals surface area contributed by atoms with E-state index in [-0.39, 0.29) is 16.8 Å². The highest BCUT2D eigenvalue weighted by molar-refractivity contribution is 7.85. The molecule has 2 N–H and O–H groups in total. The van der Waals surface area contributed by atoms with Crippen LogP contribution in [-0.2, 0) is 10.1 Å². The lowest BCUT2D eigenvalue weighted by atomic mass is 9.84. The molecule has 204 valence electrons. The summed E-state index contributed by atoms with van der Waals surface area (Å²) in [5.41, 5.74) is 3.55. The molecule has 1 aromatic heterocycles. The molecule has 3 aliphatic heterocycles. The van der Waals surface area contributed by atoms with Crippen LogP contribution in [0.1, 0.15) is 29.0 Å². The Balaban J connectivity index is 0.000000237. The molecule has 39 heavy (non-hydrogen) atoms. The number of hydrogen-bond donors (Lipinski definition) is 2. The van der Waals surface area contributed by atoms with Gasteiger partial charge in [-0.25, -0.2) is 0 Å². The van der Waals surface area contributed by atoms with Crippen molar-refractivity contribution in [2.45, 2.75) is 30.7 Å². The van der Waals surface area contributed by atoms with Gasteiger partial charge in [0.05, 0.1) is 12.0 Å². The van der Waals surface area contributed by atoms with Crippen LogP contribution in [0.4, 0.5) is 0 Å². The molecule has 9 heteroatoms. The molecule has 0 unspecified atom stereocenters. The van der Waals surface area contributed by atoms with Gasteiger partial charge in [-0.3, -0.25) is 9.35 Å². The fourth-order valence-corrected chi connectivity index (χ4v) is 5.81. The van der Waals surface area contributed by atoms with Crippen molar-refractivity contribution in [3.05, 3.63) is 84.1 Å². The summed E-state index contributed by atoms with van der Waals surface area (Å²) in [6.07, 6.45) is 2.34. The second kappa shape index (κ2) is 11.2. The van der Waals surface area contributed by atoms with Crippen LogP contribution in [0, 0.1) is 12.8 Å². The Hall–Kier alpha value is -3.66. The number of fused-ring (bicyclic) bond motifs is 4. The highest BCUT2D eigenvalue weighted by Gasteiger charge is 2.35. The van der Waals surface area contributed by atoms with Gasteiger partial charge in [0.2, 0.25) is 0 Å². The largest absolute Gasteiger partial charge is 0.496 e. The lowest BCUT2D eigenvalue weighted by Crippen LogP contribution is -2.57. The predicted molar refractivity (Wildman–Crippen MR) is 150 cm³/mol. The van der Waals surface area contributed by atoms with Crippen LogP contribution < -0.4 is 10.1 Å². The Morgan fingerprint density at radius 3 is 2.33 bits per heavy atom. The fraction of sp³-hybridized carbons (Fsp3) is 0.300. The third-order valence-corrected chi connectivity index (χ3v) is 8.32. The maximum absolute atomic E-state index is 12.9. The van der Waals surface area contributed by atoms with Crippen molar-refractivity contribution in [3.63, 3.8) is 0 Å². The zero-order valence-corrected chi connectivity index (χ0v) is 22.8. The number of nitrogens with one attached hydrogen (secondary N) is 1. The second-order valence-electron chi connectivity index (χ2n) is 10.0. The lowest BCUT2D eigenvalue weighted by Gasteiger charge is -2.44. The van der Waals surface area contributed by atoms with E-state index in [4.69, 9.17) is 13.7 Å². The van der Waals surface area contributed by atoms with Crippen molar-refractivity contribution in [1.29, 1.82) is 0 Å². The molecule has 0 saturated carbocycles. The number of amides is 1. The molecular weight excluding hydrogens is 516 g/mol. The minimum absolute atomic E-state index is 0.0666. The van der Waals surface area contributed by atoms with Crippen LogP contribution in [0.3, 0.4) is 0 Å². The summed E-state index contributed by atoms with van der Waals surface area (Å²) in [7, 11) is -2.36. The lowest BCUT2D eigenvalue weighted by molar-refractivity contribution is 0.0607. The maximum atomic E-state index is 12.9. The van der Waals surface area contributed by atoms with E-state index in [1.54, 1.807) is 19.2 Å². The summed E-state index contributed by atoms with van der Waals surface area (Å²) >= 11 is 0. The number of furan rings is 1. The number of ether oxygens (including phenoxy) is 1. The smallest absolute Gasteiger partial charge is 0.294 e. The first-order valence-corrected chi connectivity index (χ1v) is 14.4. The third-order valence-electron chi connectivity index (χ3n) is 7.46. The van der Waals surface area contributed by atoms with Gasteiger partial charge in [0, 0.05) is 29.1 Å². The summed E-state index contributed by atoms with van der Waals surface area (Å²) in [5, 5.41) is 4.13. The van der Waals surface area contributed by atoms with E-state index >= 15 is 0 Å². The van der Waals surface area contributed by atoms with Gasteiger partial charge in [-0.15, -0.1) is 0 Å². The average Bonchev–Trinajstić information content (AvgIpc) is 3.39. The number of aryl methyl sites for hydroxylation is 1. The zero-order valence-electron chi connectivity index (χ0n) is 22.0. The first kappa shape index (κ1) is 26.9. The molecule has 0 aliphatic carbocycles. The van der Waals surface area contributed by atoms with Gasteiger partial charge in [0.15, 0.2) is 5.76 Å². The van der Waals surface area contributed by atoms with Gasteiger partial charge in [0.25, 0.3) is 16.0 Å². The fourth-order valence-electron chi connectivity index (χ4n) is 5.33. The van der Waals surface area contributed by atoms with Gasteiger partial charge >= 0.3 is 0 Å². The number of para-hydroxylation sites is 2. The summed E-state index contributed by atoms with van der Waals surface area (Å²) in [5.74, 6) is 1.61. The molecule has 3 aromatic carbocycles.